The van der Waals surface area contributed by atoms with Crippen molar-refractivity contribution in [3.63, 3.8) is 0 Å². The lowest BCUT2D eigenvalue weighted by molar-refractivity contribution is 0.138. The van der Waals surface area contributed by atoms with E-state index in [0.29, 0.717) is 12.0 Å². The fourth-order valence-corrected chi connectivity index (χ4v) is 4.17. The van der Waals surface area contributed by atoms with Crippen molar-refractivity contribution in [3.8, 4) is 0 Å². The molecule has 0 bridgehead atoms. The third-order valence-electron chi connectivity index (χ3n) is 3.91. The molecule has 3 heterocycles. The smallest absolute Gasteiger partial charge is 0.146 e. The average Bonchev–Trinajstić information content (AvgIpc) is 2.71. The van der Waals surface area contributed by atoms with Gasteiger partial charge in [-0.1, -0.05) is 20.8 Å². The largest absolute Gasteiger partial charge is 0.379 e. The second kappa shape index (κ2) is 5.90. The molecule has 1 saturated heterocycles. The van der Waals surface area contributed by atoms with Crippen LogP contribution in [0.25, 0.3) is 0 Å². The summed E-state index contributed by atoms with van der Waals surface area (Å²) in [4.78, 5) is 13.4. The van der Waals surface area contributed by atoms with Crippen molar-refractivity contribution >= 4 is 17.6 Å². The summed E-state index contributed by atoms with van der Waals surface area (Å²) < 4.78 is 5.71. The topological polar surface area (TPSA) is 38.2 Å². The van der Waals surface area contributed by atoms with Crippen LogP contribution >= 0.6 is 11.8 Å². The zero-order chi connectivity index (χ0) is 14.1. The van der Waals surface area contributed by atoms with E-state index in [0.717, 1.165) is 50.0 Å². The molecule has 1 aromatic heterocycles. The minimum atomic E-state index is 0.448. The molecular formula is C15H23N3OS. The van der Waals surface area contributed by atoms with Crippen LogP contribution in [0.3, 0.4) is 0 Å². The van der Waals surface area contributed by atoms with Gasteiger partial charge in [0.1, 0.15) is 11.6 Å². The molecule has 110 valence electrons. The van der Waals surface area contributed by atoms with Crippen LogP contribution in [-0.4, -0.2) is 41.5 Å². The van der Waals surface area contributed by atoms with Crippen molar-refractivity contribution in [2.45, 2.75) is 50.5 Å². The van der Waals surface area contributed by atoms with E-state index in [1.165, 1.54) is 10.6 Å². The van der Waals surface area contributed by atoms with Crippen molar-refractivity contribution in [3.05, 3.63) is 11.5 Å². The molecule has 0 radical (unpaired) electrons. The van der Waals surface area contributed by atoms with Crippen LogP contribution in [0, 0.1) is 0 Å². The first-order chi connectivity index (χ1) is 9.70. The zero-order valence-electron chi connectivity index (χ0n) is 12.6. The summed E-state index contributed by atoms with van der Waals surface area (Å²) in [6, 6.07) is 0.467. The molecule has 0 saturated carbocycles. The maximum absolute atomic E-state index is 5.71. The predicted molar refractivity (Wildman–Crippen MR) is 82.8 cm³/mol. The van der Waals surface area contributed by atoms with Gasteiger partial charge in [-0.15, -0.1) is 11.8 Å². The van der Waals surface area contributed by atoms with Crippen molar-refractivity contribution in [1.82, 2.24) is 9.97 Å². The second-order valence-corrected chi connectivity index (χ2v) is 6.80. The summed E-state index contributed by atoms with van der Waals surface area (Å²) in [5, 5.41) is 0. The molecule has 0 spiro atoms. The Labute approximate surface area is 125 Å². The summed E-state index contributed by atoms with van der Waals surface area (Å²) in [6.07, 6.45) is 1.98. The molecule has 0 N–H and O–H groups in total. The number of hydrogen-bond acceptors (Lipinski definition) is 5. The van der Waals surface area contributed by atoms with Gasteiger partial charge in [0.2, 0.25) is 0 Å². The van der Waals surface area contributed by atoms with Gasteiger partial charge in [0, 0.05) is 25.3 Å². The van der Waals surface area contributed by atoms with Crippen LogP contribution in [0.4, 0.5) is 5.82 Å². The van der Waals surface area contributed by atoms with Gasteiger partial charge < -0.3 is 9.64 Å². The molecule has 0 aliphatic carbocycles. The lowest BCUT2D eigenvalue weighted by Gasteiger charge is -2.36. The van der Waals surface area contributed by atoms with Gasteiger partial charge >= 0.3 is 0 Å². The maximum Gasteiger partial charge on any atom is 0.146 e. The van der Waals surface area contributed by atoms with Crippen molar-refractivity contribution < 1.29 is 4.74 Å². The normalized spacial score (nSPS) is 22.4. The minimum absolute atomic E-state index is 0.448. The first-order valence-corrected chi connectivity index (χ1v) is 8.57. The fourth-order valence-electron chi connectivity index (χ4n) is 2.81. The van der Waals surface area contributed by atoms with Crippen LogP contribution in [0.1, 0.15) is 44.6 Å². The highest BCUT2D eigenvalue weighted by Crippen LogP contribution is 2.40. The van der Waals surface area contributed by atoms with Gasteiger partial charge in [0.15, 0.2) is 0 Å². The molecule has 0 amide bonds. The summed E-state index contributed by atoms with van der Waals surface area (Å²) in [5.74, 6) is 3.66. The van der Waals surface area contributed by atoms with Crippen LogP contribution in [0.15, 0.2) is 4.90 Å². The third-order valence-corrected chi connectivity index (χ3v) is 5.15. The van der Waals surface area contributed by atoms with Gasteiger partial charge in [-0.25, -0.2) is 9.97 Å². The summed E-state index contributed by atoms with van der Waals surface area (Å²) >= 11 is 1.91. The highest BCUT2D eigenvalue weighted by Gasteiger charge is 2.32. The zero-order valence-corrected chi connectivity index (χ0v) is 13.4. The lowest BCUT2D eigenvalue weighted by Crippen LogP contribution is -2.43. The van der Waals surface area contributed by atoms with Gasteiger partial charge in [-0.3, -0.25) is 0 Å². The molecule has 1 fully saturated rings. The molecule has 5 heteroatoms. The predicted octanol–water partition coefficient (Wildman–Crippen LogP) is 2.86. The Hall–Kier alpha value is -0.810. The molecule has 1 atom stereocenters. The van der Waals surface area contributed by atoms with E-state index in [9.17, 15) is 0 Å². The van der Waals surface area contributed by atoms with E-state index >= 15 is 0 Å². The number of aryl methyl sites for hydroxylation is 1. The monoisotopic (exact) mass is 293 g/mol. The van der Waals surface area contributed by atoms with Crippen LogP contribution in [-0.2, 0) is 11.2 Å². The summed E-state index contributed by atoms with van der Waals surface area (Å²) in [6.45, 7) is 9.33. The van der Waals surface area contributed by atoms with Crippen molar-refractivity contribution in [1.29, 1.82) is 0 Å². The molecule has 2 aliphatic rings. The van der Waals surface area contributed by atoms with Gasteiger partial charge in [-0.05, 0) is 12.3 Å². The van der Waals surface area contributed by atoms with Gasteiger partial charge in [-0.2, -0.15) is 0 Å². The Kier molecular flexibility index (Phi) is 4.17. The van der Waals surface area contributed by atoms with Crippen LogP contribution in [0.5, 0.6) is 0 Å². The van der Waals surface area contributed by atoms with E-state index in [1.54, 1.807) is 0 Å². The SMILES string of the molecule is CCc1nc(C(C)C)c2c(n1)N1CCCOCC1CS2. The first-order valence-electron chi connectivity index (χ1n) is 7.58. The molecule has 0 aromatic carbocycles. The Morgan fingerprint density at radius 3 is 3.00 bits per heavy atom. The van der Waals surface area contributed by atoms with E-state index in [2.05, 4.69) is 25.7 Å². The minimum Gasteiger partial charge on any atom is -0.379 e. The lowest BCUT2D eigenvalue weighted by atomic mass is 10.1. The number of hydrogen-bond donors (Lipinski definition) is 0. The molecule has 1 aromatic rings. The van der Waals surface area contributed by atoms with Gasteiger partial charge in [0.05, 0.1) is 23.2 Å². The Morgan fingerprint density at radius 1 is 1.40 bits per heavy atom. The van der Waals surface area contributed by atoms with E-state index < -0.39 is 0 Å². The molecule has 3 rings (SSSR count). The Bertz CT molecular complexity index is 492. The number of nitrogens with zero attached hydrogens (tertiary/aromatic N) is 3. The quantitative estimate of drug-likeness (QED) is 0.838. The number of fused-ring (bicyclic) bond motifs is 3. The van der Waals surface area contributed by atoms with Gasteiger partial charge in [0.25, 0.3) is 0 Å². The van der Waals surface area contributed by atoms with Crippen molar-refractivity contribution in [2.75, 3.05) is 30.4 Å². The number of ether oxygens (including phenoxy) is 1. The molecule has 4 nitrogen and oxygen atoms in total. The number of rotatable bonds is 2. The third kappa shape index (κ3) is 2.53. The van der Waals surface area contributed by atoms with E-state index in [1.807, 2.05) is 11.8 Å². The maximum atomic E-state index is 5.71. The second-order valence-electron chi connectivity index (χ2n) is 5.77. The first kappa shape index (κ1) is 14.1. The highest BCUT2D eigenvalue weighted by atomic mass is 32.2. The molecule has 2 aliphatic heterocycles. The number of anilines is 1. The van der Waals surface area contributed by atoms with Crippen LogP contribution < -0.4 is 4.90 Å². The highest BCUT2D eigenvalue weighted by molar-refractivity contribution is 7.99. The van der Waals surface area contributed by atoms with Crippen molar-refractivity contribution in [2.24, 2.45) is 0 Å². The molecule has 20 heavy (non-hydrogen) atoms. The number of aromatic nitrogens is 2. The molecular weight excluding hydrogens is 270 g/mol. The number of thioether (sulfide) groups is 1. The Morgan fingerprint density at radius 2 is 2.25 bits per heavy atom. The summed E-state index contributed by atoms with van der Waals surface area (Å²) in [7, 11) is 0. The molecule has 1 unspecified atom stereocenters. The standard InChI is InChI=1S/C15H23N3OS/c1-4-12-16-13(10(2)3)14-15(17-12)18-6-5-7-19-8-11(18)9-20-14/h10-11H,4-9H2,1-3H3. The fraction of sp³-hybridized carbons (Fsp3) is 0.733. The van der Waals surface area contributed by atoms with E-state index in [4.69, 9.17) is 14.7 Å². The Balaban J connectivity index is 2.06. The summed E-state index contributed by atoms with van der Waals surface area (Å²) in [5.41, 5.74) is 1.22. The van der Waals surface area contributed by atoms with Crippen LogP contribution in [0.2, 0.25) is 0 Å². The van der Waals surface area contributed by atoms with E-state index in [-0.39, 0.29) is 0 Å². The average molecular weight is 293 g/mol.